The second kappa shape index (κ2) is 10.9. The summed E-state index contributed by atoms with van der Waals surface area (Å²) in [5.41, 5.74) is 2.64. The van der Waals surface area contributed by atoms with Crippen LogP contribution in [0.15, 0.2) is 36.8 Å². The van der Waals surface area contributed by atoms with Gasteiger partial charge in [0.1, 0.15) is 28.6 Å². The highest BCUT2D eigenvalue weighted by molar-refractivity contribution is 5.83. The first kappa shape index (κ1) is 29.1. The Morgan fingerprint density at radius 1 is 1.02 bits per heavy atom. The fraction of sp³-hybridized carbons (Fsp3) is 0.469. The van der Waals surface area contributed by atoms with Crippen LogP contribution in [0.3, 0.4) is 0 Å². The number of amides is 1. The molecule has 0 bridgehead atoms. The molecule has 9 nitrogen and oxygen atoms in total. The zero-order valence-electron chi connectivity index (χ0n) is 25.4. The van der Waals surface area contributed by atoms with Crippen molar-refractivity contribution < 1.29 is 18.3 Å². The van der Waals surface area contributed by atoms with Crippen LogP contribution in [0, 0.1) is 24.5 Å². The number of hydrogen-bond donors (Lipinski definition) is 0. The zero-order valence-corrected chi connectivity index (χ0v) is 25.4. The van der Waals surface area contributed by atoms with Crippen molar-refractivity contribution in [2.45, 2.75) is 72.2 Å². The summed E-state index contributed by atoms with van der Waals surface area (Å²) in [6.07, 6.45) is 4.83. The van der Waals surface area contributed by atoms with E-state index in [1.165, 1.54) is 6.07 Å². The zero-order chi connectivity index (χ0) is 30.6. The minimum atomic E-state index is -0.532. The van der Waals surface area contributed by atoms with E-state index in [9.17, 15) is 9.18 Å². The normalized spacial score (nSPS) is 18.8. The van der Waals surface area contributed by atoms with Crippen molar-refractivity contribution >= 4 is 17.1 Å². The van der Waals surface area contributed by atoms with Crippen LogP contribution in [0.2, 0.25) is 0 Å². The van der Waals surface area contributed by atoms with E-state index in [1.54, 1.807) is 24.5 Å². The molecule has 226 valence electrons. The van der Waals surface area contributed by atoms with E-state index in [4.69, 9.17) is 4.74 Å². The first-order chi connectivity index (χ1) is 20.4. The molecule has 1 amide bonds. The highest BCUT2D eigenvalue weighted by atomic mass is 19.1. The quantitative estimate of drug-likeness (QED) is 0.285. The number of carbonyl (C=O) groups excluding carboxylic acids is 1. The van der Waals surface area contributed by atoms with Crippen molar-refractivity contribution in [3.63, 3.8) is 0 Å². The van der Waals surface area contributed by atoms with Crippen LogP contribution < -0.4 is 0 Å². The molecule has 0 saturated carbocycles. The molecule has 11 heteroatoms. The molecule has 4 aromatic rings. The van der Waals surface area contributed by atoms with Crippen molar-refractivity contribution in [1.82, 2.24) is 34.3 Å². The average Bonchev–Trinajstić information content (AvgIpc) is 3.41. The van der Waals surface area contributed by atoms with Crippen molar-refractivity contribution in [2.75, 3.05) is 19.6 Å². The Bertz CT molecular complexity index is 1680. The number of benzene rings is 1. The van der Waals surface area contributed by atoms with Gasteiger partial charge in [-0.25, -0.2) is 28.5 Å². The van der Waals surface area contributed by atoms with Gasteiger partial charge in [-0.15, -0.1) is 0 Å². The number of nitrogens with zero attached hydrogens (tertiary/aromatic N) is 7. The van der Waals surface area contributed by atoms with Crippen LogP contribution in [0.5, 0.6) is 0 Å². The molecule has 2 fully saturated rings. The lowest BCUT2D eigenvalue weighted by molar-refractivity contribution is -0.0164. The maximum absolute atomic E-state index is 15.1. The Labute approximate surface area is 249 Å². The maximum atomic E-state index is 15.1. The first-order valence-corrected chi connectivity index (χ1v) is 14.7. The fourth-order valence-corrected chi connectivity index (χ4v) is 6.23. The molecule has 43 heavy (non-hydrogen) atoms. The standard InChI is InChI=1S/C32H37F2N7O2/c1-18(2)41-19(3)38-30-25(33)7-21(8-27(30)41)24-9-23(35-13-26(24)34)10-29-36-11-20(12-37-29)14-39-15-22-16-40(28(22)17-39)31(42)43-32(4,5)6/h7-9,11-13,18,22,28H,10,14-17H2,1-6H3/t22-,28-/m0/s1. The number of carbonyl (C=O) groups is 1. The highest BCUT2D eigenvalue weighted by Gasteiger charge is 2.48. The smallest absolute Gasteiger partial charge is 0.410 e. The van der Waals surface area contributed by atoms with Crippen LogP contribution >= 0.6 is 0 Å². The Morgan fingerprint density at radius 3 is 2.47 bits per heavy atom. The van der Waals surface area contributed by atoms with Gasteiger partial charge in [0.25, 0.3) is 0 Å². The van der Waals surface area contributed by atoms with E-state index in [1.807, 2.05) is 51.0 Å². The number of aryl methyl sites for hydroxylation is 1. The second-order valence-corrected chi connectivity index (χ2v) is 12.9. The Hall–Kier alpha value is -3.99. The lowest BCUT2D eigenvalue weighted by Crippen LogP contribution is -2.59. The molecule has 1 aromatic carbocycles. The first-order valence-electron chi connectivity index (χ1n) is 14.7. The van der Waals surface area contributed by atoms with Crippen LogP contribution in [-0.4, -0.2) is 71.7 Å². The number of fused-ring (bicyclic) bond motifs is 2. The summed E-state index contributed by atoms with van der Waals surface area (Å²) in [4.78, 5) is 34.3. The molecule has 2 aliphatic rings. The largest absolute Gasteiger partial charge is 0.444 e. The topological polar surface area (TPSA) is 89.3 Å². The molecule has 2 atom stereocenters. The van der Waals surface area contributed by atoms with E-state index in [0.717, 1.165) is 31.4 Å². The third-order valence-corrected chi connectivity index (χ3v) is 8.11. The van der Waals surface area contributed by atoms with E-state index >= 15 is 4.39 Å². The van der Waals surface area contributed by atoms with Crippen molar-refractivity contribution in [3.05, 3.63) is 71.3 Å². The molecular formula is C32H37F2N7O2. The minimum Gasteiger partial charge on any atom is -0.444 e. The summed E-state index contributed by atoms with van der Waals surface area (Å²) in [7, 11) is 0. The fourth-order valence-electron chi connectivity index (χ4n) is 6.23. The summed E-state index contributed by atoms with van der Waals surface area (Å²) >= 11 is 0. The molecule has 6 rings (SSSR count). The van der Waals surface area contributed by atoms with Gasteiger partial charge in [0.15, 0.2) is 5.82 Å². The van der Waals surface area contributed by atoms with Gasteiger partial charge >= 0.3 is 6.09 Å². The molecule has 5 heterocycles. The summed E-state index contributed by atoms with van der Waals surface area (Å²) in [5.74, 6) is 0.695. The van der Waals surface area contributed by atoms with Gasteiger partial charge in [0, 0.05) is 67.4 Å². The van der Waals surface area contributed by atoms with Gasteiger partial charge < -0.3 is 14.2 Å². The molecular weight excluding hydrogens is 552 g/mol. The molecule has 0 spiro atoms. The Balaban J connectivity index is 1.13. The summed E-state index contributed by atoms with van der Waals surface area (Å²) < 4.78 is 37.5. The molecule has 2 aliphatic heterocycles. The Morgan fingerprint density at radius 2 is 1.77 bits per heavy atom. The summed E-state index contributed by atoms with van der Waals surface area (Å²) in [5, 5.41) is 0. The van der Waals surface area contributed by atoms with Crippen LogP contribution in [0.1, 0.15) is 63.6 Å². The number of hydrogen-bond acceptors (Lipinski definition) is 7. The van der Waals surface area contributed by atoms with Crippen LogP contribution in [-0.2, 0) is 17.7 Å². The number of ether oxygens (including phenoxy) is 1. The highest BCUT2D eigenvalue weighted by Crippen LogP contribution is 2.34. The van der Waals surface area contributed by atoms with Crippen molar-refractivity contribution in [1.29, 1.82) is 0 Å². The number of halogens is 2. The predicted octanol–water partition coefficient (Wildman–Crippen LogP) is 5.70. The third-order valence-electron chi connectivity index (χ3n) is 8.11. The number of pyridine rings is 1. The lowest BCUT2D eigenvalue weighted by atomic mass is 9.93. The SMILES string of the molecule is Cc1nc2c(F)cc(-c3cc(Cc4ncc(CN5C[C@H]6CN(C(=O)OC(C)(C)C)[C@H]6C5)cn4)ncc3F)cc2n1C(C)C. The van der Waals surface area contributed by atoms with E-state index in [0.29, 0.717) is 47.3 Å². The van der Waals surface area contributed by atoms with Gasteiger partial charge in [-0.05, 0) is 65.3 Å². The number of rotatable bonds is 6. The molecule has 0 aliphatic carbocycles. The monoisotopic (exact) mass is 589 g/mol. The molecule has 2 saturated heterocycles. The van der Waals surface area contributed by atoms with Crippen molar-refractivity contribution in [3.8, 4) is 11.1 Å². The average molecular weight is 590 g/mol. The van der Waals surface area contributed by atoms with Gasteiger partial charge in [-0.1, -0.05) is 0 Å². The number of aromatic nitrogens is 5. The molecule has 0 N–H and O–H groups in total. The van der Waals surface area contributed by atoms with E-state index in [-0.39, 0.29) is 29.3 Å². The number of likely N-dealkylation sites (tertiary alicyclic amines) is 2. The van der Waals surface area contributed by atoms with E-state index < -0.39 is 17.2 Å². The van der Waals surface area contributed by atoms with E-state index in [2.05, 4.69) is 24.8 Å². The molecule has 3 aromatic heterocycles. The molecule has 0 unspecified atom stereocenters. The van der Waals surface area contributed by atoms with Gasteiger partial charge in [0.05, 0.1) is 24.2 Å². The maximum Gasteiger partial charge on any atom is 0.410 e. The lowest BCUT2D eigenvalue weighted by Gasteiger charge is -2.43. The summed E-state index contributed by atoms with van der Waals surface area (Å²) in [6.45, 7) is 14.6. The summed E-state index contributed by atoms with van der Waals surface area (Å²) in [6, 6.07) is 4.99. The van der Waals surface area contributed by atoms with Gasteiger partial charge in [-0.3, -0.25) is 9.88 Å². The minimum absolute atomic E-state index is 0.0742. The Kier molecular flexibility index (Phi) is 7.40. The second-order valence-electron chi connectivity index (χ2n) is 12.9. The van der Waals surface area contributed by atoms with Gasteiger partial charge in [-0.2, -0.15) is 0 Å². The third kappa shape index (κ3) is 5.82. The van der Waals surface area contributed by atoms with Crippen molar-refractivity contribution in [2.24, 2.45) is 5.92 Å². The predicted molar refractivity (Wildman–Crippen MR) is 158 cm³/mol. The van der Waals surface area contributed by atoms with Crippen LogP contribution in [0.4, 0.5) is 13.6 Å². The number of imidazole rings is 1. The van der Waals surface area contributed by atoms with Crippen LogP contribution in [0.25, 0.3) is 22.2 Å². The molecule has 0 radical (unpaired) electrons. The van der Waals surface area contributed by atoms with Gasteiger partial charge in [0.2, 0.25) is 0 Å².